The van der Waals surface area contributed by atoms with Gasteiger partial charge in [0.15, 0.2) is 0 Å². The van der Waals surface area contributed by atoms with Crippen LogP contribution in [0, 0.1) is 0 Å². The Bertz CT molecular complexity index is 242. The lowest BCUT2D eigenvalue weighted by atomic mass is 10.0. The molecule has 1 unspecified atom stereocenters. The van der Waals surface area contributed by atoms with Gasteiger partial charge in [-0.1, -0.05) is 13.8 Å². The van der Waals surface area contributed by atoms with Crippen LogP contribution in [0.2, 0.25) is 0 Å². The number of thioether (sulfide) groups is 1. The van der Waals surface area contributed by atoms with Crippen molar-refractivity contribution in [1.82, 2.24) is 10.6 Å². The highest BCUT2D eigenvalue weighted by molar-refractivity contribution is 8.00. The number of hydrogen-bond donors (Lipinski definition) is 2. The molecule has 17 heavy (non-hydrogen) atoms. The quantitative estimate of drug-likeness (QED) is 0.701. The first-order valence-corrected chi connectivity index (χ1v) is 7.88. The number of carbonyl (C=O) groups is 1. The molecule has 2 N–H and O–H groups in total. The molecule has 100 valence electrons. The molecule has 1 saturated carbocycles. The minimum absolute atomic E-state index is 0.0831. The van der Waals surface area contributed by atoms with Gasteiger partial charge < -0.3 is 10.6 Å². The van der Waals surface area contributed by atoms with E-state index in [1.165, 1.54) is 0 Å². The van der Waals surface area contributed by atoms with Crippen LogP contribution in [-0.4, -0.2) is 35.5 Å². The van der Waals surface area contributed by atoms with Crippen LogP contribution < -0.4 is 10.6 Å². The summed E-state index contributed by atoms with van der Waals surface area (Å²) in [6.07, 6.45) is 6.72. The molecule has 4 heteroatoms. The van der Waals surface area contributed by atoms with Crippen molar-refractivity contribution in [2.24, 2.45) is 0 Å². The molecule has 0 radical (unpaired) electrons. The summed E-state index contributed by atoms with van der Waals surface area (Å²) in [5, 5.41) is 6.41. The van der Waals surface area contributed by atoms with Gasteiger partial charge in [-0.15, -0.1) is 0 Å². The van der Waals surface area contributed by atoms with Crippen LogP contribution >= 0.6 is 11.8 Å². The Balaban J connectivity index is 2.33. The SMILES string of the molecule is CCC(CC)(CNC(C)C(=O)NC1CC1)SC. The molecule has 1 aliphatic rings. The van der Waals surface area contributed by atoms with Crippen LogP contribution in [0.5, 0.6) is 0 Å². The fourth-order valence-electron chi connectivity index (χ4n) is 1.85. The Morgan fingerprint density at radius 2 is 2.00 bits per heavy atom. The van der Waals surface area contributed by atoms with Crippen molar-refractivity contribution >= 4 is 17.7 Å². The lowest BCUT2D eigenvalue weighted by molar-refractivity contribution is -0.122. The molecule has 1 atom stereocenters. The average Bonchev–Trinajstić information content (AvgIpc) is 3.15. The number of amides is 1. The van der Waals surface area contributed by atoms with Gasteiger partial charge in [0, 0.05) is 17.3 Å². The van der Waals surface area contributed by atoms with Gasteiger partial charge >= 0.3 is 0 Å². The lowest BCUT2D eigenvalue weighted by Crippen LogP contribution is -2.48. The maximum Gasteiger partial charge on any atom is 0.237 e. The second kappa shape index (κ2) is 6.64. The van der Waals surface area contributed by atoms with E-state index in [2.05, 4.69) is 30.7 Å². The summed E-state index contributed by atoms with van der Waals surface area (Å²) in [6, 6.07) is 0.370. The lowest BCUT2D eigenvalue weighted by Gasteiger charge is -2.31. The van der Waals surface area contributed by atoms with Gasteiger partial charge in [-0.3, -0.25) is 4.79 Å². The highest BCUT2D eigenvalue weighted by Crippen LogP contribution is 2.29. The summed E-state index contributed by atoms with van der Waals surface area (Å²) < 4.78 is 0.272. The molecule has 0 aliphatic heterocycles. The van der Waals surface area contributed by atoms with Crippen molar-refractivity contribution in [3.8, 4) is 0 Å². The van der Waals surface area contributed by atoms with Crippen molar-refractivity contribution in [3.63, 3.8) is 0 Å². The summed E-state index contributed by atoms with van der Waals surface area (Å²) in [7, 11) is 0. The molecule has 1 amide bonds. The van der Waals surface area contributed by atoms with Crippen molar-refractivity contribution in [2.75, 3.05) is 12.8 Å². The molecular weight excluding hydrogens is 232 g/mol. The third-order valence-corrected chi connectivity index (χ3v) is 5.36. The van der Waals surface area contributed by atoms with Crippen molar-refractivity contribution in [3.05, 3.63) is 0 Å². The smallest absolute Gasteiger partial charge is 0.237 e. The highest BCUT2D eigenvalue weighted by Gasteiger charge is 2.28. The first kappa shape index (κ1) is 14.8. The Hall–Kier alpha value is -0.220. The van der Waals surface area contributed by atoms with E-state index in [9.17, 15) is 4.79 Å². The van der Waals surface area contributed by atoms with Crippen LogP contribution in [0.15, 0.2) is 0 Å². The summed E-state index contributed by atoms with van der Waals surface area (Å²) in [5.74, 6) is 0.148. The molecule has 0 spiro atoms. The second-order valence-electron chi connectivity index (χ2n) is 4.98. The van der Waals surface area contributed by atoms with Crippen LogP contribution in [0.25, 0.3) is 0 Å². The standard InChI is InChI=1S/C13H26N2OS/c1-5-13(6-2,17-4)9-14-10(3)12(16)15-11-7-8-11/h10-11,14H,5-9H2,1-4H3,(H,15,16). The van der Waals surface area contributed by atoms with Gasteiger partial charge in [0.1, 0.15) is 0 Å². The first-order valence-electron chi connectivity index (χ1n) is 6.65. The fourth-order valence-corrected chi connectivity index (χ4v) is 2.65. The third-order valence-electron chi connectivity index (χ3n) is 3.77. The number of carbonyl (C=O) groups excluding carboxylic acids is 1. The summed E-state index contributed by atoms with van der Waals surface area (Å²) in [5.41, 5.74) is 0. The van der Waals surface area contributed by atoms with E-state index >= 15 is 0 Å². The number of nitrogens with one attached hydrogen (secondary N) is 2. The monoisotopic (exact) mass is 258 g/mol. The first-order chi connectivity index (χ1) is 8.06. The van der Waals surface area contributed by atoms with E-state index < -0.39 is 0 Å². The number of hydrogen-bond acceptors (Lipinski definition) is 3. The van der Waals surface area contributed by atoms with E-state index in [0.717, 1.165) is 32.2 Å². The molecule has 1 fully saturated rings. The van der Waals surface area contributed by atoms with Crippen molar-refractivity contribution in [1.29, 1.82) is 0 Å². The van der Waals surface area contributed by atoms with Gasteiger partial charge in [-0.05, 0) is 38.9 Å². The molecule has 0 aromatic rings. The zero-order chi connectivity index (χ0) is 12.9. The zero-order valence-corrected chi connectivity index (χ0v) is 12.3. The largest absolute Gasteiger partial charge is 0.352 e. The predicted octanol–water partition coefficient (Wildman–Crippen LogP) is 2.16. The molecule has 0 aromatic carbocycles. The normalized spacial score (nSPS) is 17.9. The minimum atomic E-state index is -0.0831. The van der Waals surface area contributed by atoms with Gasteiger partial charge in [-0.2, -0.15) is 11.8 Å². The maximum atomic E-state index is 11.8. The van der Waals surface area contributed by atoms with E-state index in [-0.39, 0.29) is 16.7 Å². The Kier molecular flexibility index (Phi) is 5.80. The summed E-state index contributed by atoms with van der Waals surface area (Å²) in [6.45, 7) is 7.29. The Labute approximate surface area is 109 Å². The van der Waals surface area contributed by atoms with Gasteiger partial charge in [0.2, 0.25) is 5.91 Å². The predicted molar refractivity (Wildman–Crippen MR) is 75.5 cm³/mol. The summed E-state index contributed by atoms with van der Waals surface area (Å²) >= 11 is 1.90. The van der Waals surface area contributed by atoms with Gasteiger partial charge in [0.25, 0.3) is 0 Å². The molecule has 1 rings (SSSR count). The molecule has 3 nitrogen and oxygen atoms in total. The fraction of sp³-hybridized carbons (Fsp3) is 0.923. The minimum Gasteiger partial charge on any atom is -0.352 e. The van der Waals surface area contributed by atoms with Crippen LogP contribution in [0.1, 0.15) is 46.5 Å². The molecule has 0 aromatic heterocycles. The molecular formula is C13H26N2OS. The molecule has 0 saturated heterocycles. The topological polar surface area (TPSA) is 41.1 Å². The van der Waals surface area contributed by atoms with Crippen LogP contribution in [0.3, 0.4) is 0 Å². The van der Waals surface area contributed by atoms with E-state index in [1.807, 2.05) is 18.7 Å². The van der Waals surface area contributed by atoms with Crippen molar-refractivity contribution < 1.29 is 4.79 Å². The van der Waals surface area contributed by atoms with Gasteiger partial charge in [0.05, 0.1) is 6.04 Å². The van der Waals surface area contributed by atoms with E-state index in [4.69, 9.17) is 0 Å². The molecule has 1 aliphatic carbocycles. The van der Waals surface area contributed by atoms with Crippen LogP contribution in [0.4, 0.5) is 0 Å². The Morgan fingerprint density at radius 1 is 1.41 bits per heavy atom. The average molecular weight is 258 g/mol. The maximum absolute atomic E-state index is 11.8. The van der Waals surface area contributed by atoms with Gasteiger partial charge in [-0.25, -0.2) is 0 Å². The Morgan fingerprint density at radius 3 is 2.41 bits per heavy atom. The van der Waals surface area contributed by atoms with Crippen molar-refractivity contribution in [2.45, 2.75) is 63.3 Å². The molecule has 0 bridgehead atoms. The highest BCUT2D eigenvalue weighted by atomic mass is 32.2. The summed E-state index contributed by atoms with van der Waals surface area (Å²) in [4.78, 5) is 11.8. The van der Waals surface area contributed by atoms with Crippen LogP contribution in [-0.2, 0) is 4.79 Å². The van der Waals surface area contributed by atoms with E-state index in [1.54, 1.807) is 0 Å². The third kappa shape index (κ3) is 4.51. The second-order valence-corrected chi connectivity index (χ2v) is 6.25. The number of rotatable bonds is 8. The molecule has 0 heterocycles. The zero-order valence-electron chi connectivity index (χ0n) is 11.5. The van der Waals surface area contributed by atoms with E-state index in [0.29, 0.717) is 6.04 Å².